The number of H-pyrrole nitrogens is 1. The number of rotatable bonds is 4. The largest absolute Gasteiger partial charge is 0.472 e. The first-order chi connectivity index (χ1) is 11.2. The lowest BCUT2D eigenvalue weighted by Gasteiger charge is -2.27. The van der Waals surface area contributed by atoms with E-state index < -0.39 is 44.4 Å². The molecule has 0 aromatic carbocycles. The molecule has 1 fully saturated rings. The third-order valence-corrected chi connectivity index (χ3v) is 3.95. The fourth-order valence-electron chi connectivity index (χ4n) is 2.40. The standard InChI is InChI=1S/C10H13FN5O7P/c11-10(23-24(19,20)21)5(18)3(1-17)22-6(10)9-15-7(12)4-8(16-9)14-2-13-4/h2-3,5-6,17-18H,1H2,(H2,19,20,21)(H3,12,13,14,15,16)/t3-,5-,6?,10+/m1/s1. The van der Waals surface area contributed by atoms with Gasteiger partial charge in [-0.2, -0.15) is 0 Å². The number of hydrogen-bond acceptors (Lipinski definition) is 9. The molecule has 0 saturated carbocycles. The Morgan fingerprint density at radius 2 is 2.21 bits per heavy atom. The molecule has 0 aliphatic carbocycles. The Balaban J connectivity index is 2.09. The molecule has 132 valence electrons. The second-order valence-electron chi connectivity index (χ2n) is 5.03. The first-order valence-electron chi connectivity index (χ1n) is 6.52. The smallest absolute Gasteiger partial charge is 0.394 e. The molecule has 1 aliphatic rings. The molecule has 1 aliphatic heterocycles. The van der Waals surface area contributed by atoms with Gasteiger partial charge in [0, 0.05) is 0 Å². The molecule has 0 bridgehead atoms. The van der Waals surface area contributed by atoms with Crippen molar-refractivity contribution < 1.29 is 38.2 Å². The van der Waals surface area contributed by atoms with Gasteiger partial charge in [-0.05, 0) is 0 Å². The molecular weight excluding hydrogens is 352 g/mol. The molecule has 2 aromatic rings. The Labute approximate surface area is 132 Å². The summed E-state index contributed by atoms with van der Waals surface area (Å²) in [5, 5.41) is 19.0. The van der Waals surface area contributed by atoms with Crippen LogP contribution in [-0.4, -0.2) is 64.6 Å². The summed E-state index contributed by atoms with van der Waals surface area (Å²) in [4.78, 5) is 32.0. The van der Waals surface area contributed by atoms with E-state index in [2.05, 4.69) is 24.5 Å². The van der Waals surface area contributed by atoms with Crippen LogP contribution >= 0.6 is 7.82 Å². The van der Waals surface area contributed by atoms with Crippen molar-refractivity contribution in [1.82, 2.24) is 19.9 Å². The van der Waals surface area contributed by atoms with E-state index in [1.165, 1.54) is 6.33 Å². The zero-order valence-corrected chi connectivity index (χ0v) is 12.7. The van der Waals surface area contributed by atoms with Gasteiger partial charge in [0.2, 0.25) is 0 Å². The Hall–Kier alpha value is -1.73. The van der Waals surface area contributed by atoms with Crippen molar-refractivity contribution in [2.75, 3.05) is 12.3 Å². The molecule has 3 rings (SSSR count). The van der Waals surface area contributed by atoms with Crippen molar-refractivity contribution in [3.63, 3.8) is 0 Å². The van der Waals surface area contributed by atoms with Crippen molar-refractivity contribution in [2.24, 2.45) is 0 Å². The van der Waals surface area contributed by atoms with Crippen LogP contribution < -0.4 is 5.73 Å². The van der Waals surface area contributed by atoms with Gasteiger partial charge in [0.1, 0.15) is 17.7 Å². The normalized spacial score (nSPS) is 31.0. The number of anilines is 1. The number of phosphoric acid groups is 1. The lowest BCUT2D eigenvalue weighted by molar-refractivity contribution is -0.167. The first-order valence-corrected chi connectivity index (χ1v) is 8.05. The maximum Gasteiger partial charge on any atom is 0.472 e. The Kier molecular flexibility index (Phi) is 4.04. The molecule has 0 radical (unpaired) electrons. The second-order valence-corrected chi connectivity index (χ2v) is 6.19. The highest BCUT2D eigenvalue weighted by atomic mass is 31.2. The Morgan fingerprint density at radius 1 is 1.50 bits per heavy atom. The van der Waals surface area contributed by atoms with E-state index in [-0.39, 0.29) is 17.0 Å². The van der Waals surface area contributed by atoms with Crippen LogP contribution in [0.1, 0.15) is 11.9 Å². The number of aromatic amines is 1. The molecule has 0 amide bonds. The minimum absolute atomic E-state index is 0.0431. The molecule has 3 heterocycles. The number of alkyl halides is 1. The zero-order valence-electron chi connectivity index (χ0n) is 11.8. The fraction of sp³-hybridized carbons (Fsp3) is 0.500. The lowest BCUT2D eigenvalue weighted by atomic mass is 10.0. The van der Waals surface area contributed by atoms with E-state index >= 15 is 4.39 Å². The number of aliphatic hydroxyl groups excluding tert-OH is 2. The van der Waals surface area contributed by atoms with Crippen LogP contribution in [0.4, 0.5) is 10.2 Å². The van der Waals surface area contributed by atoms with E-state index in [0.717, 1.165) is 0 Å². The van der Waals surface area contributed by atoms with Gasteiger partial charge in [-0.3, -0.25) is 0 Å². The molecule has 1 saturated heterocycles. The molecule has 4 atom stereocenters. The predicted octanol–water partition coefficient (Wildman–Crippen LogP) is -1.50. The van der Waals surface area contributed by atoms with Crippen LogP contribution in [0.3, 0.4) is 0 Å². The highest BCUT2D eigenvalue weighted by Gasteiger charge is 2.63. The van der Waals surface area contributed by atoms with E-state index in [9.17, 15) is 9.67 Å². The second kappa shape index (κ2) is 5.67. The SMILES string of the molecule is Nc1nc(C2O[C@H](CO)[C@@H](O)[C@]2(F)OP(=O)(O)O)nc2nc[nH]c12. The summed E-state index contributed by atoms with van der Waals surface area (Å²) in [5.74, 6) is -4.00. The van der Waals surface area contributed by atoms with Crippen molar-refractivity contribution in [1.29, 1.82) is 0 Å². The van der Waals surface area contributed by atoms with Crippen LogP contribution in [0.5, 0.6) is 0 Å². The average molecular weight is 365 g/mol. The van der Waals surface area contributed by atoms with Gasteiger partial charge in [-0.15, -0.1) is 0 Å². The maximum atomic E-state index is 15.1. The third-order valence-electron chi connectivity index (χ3n) is 3.43. The minimum Gasteiger partial charge on any atom is -0.394 e. The number of nitrogens with one attached hydrogen (secondary N) is 1. The molecule has 12 nitrogen and oxygen atoms in total. The maximum absolute atomic E-state index is 15.1. The molecule has 7 N–H and O–H groups in total. The van der Waals surface area contributed by atoms with E-state index in [1.54, 1.807) is 0 Å². The topological polar surface area (TPSA) is 197 Å². The van der Waals surface area contributed by atoms with Crippen molar-refractivity contribution in [3.8, 4) is 0 Å². The van der Waals surface area contributed by atoms with Crippen molar-refractivity contribution in [3.05, 3.63) is 12.2 Å². The monoisotopic (exact) mass is 365 g/mol. The molecular formula is C10H13FN5O7P. The molecule has 2 aromatic heterocycles. The molecule has 0 spiro atoms. The predicted molar refractivity (Wildman–Crippen MR) is 73.8 cm³/mol. The van der Waals surface area contributed by atoms with E-state index in [4.69, 9.17) is 25.4 Å². The van der Waals surface area contributed by atoms with Crippen LogP contribution in [0.2, 0.25) is 0 Å². The van der Waals surface area contributed by atoms with Crippen molar-refractivity contribution >= 4 is 24.8 Å². The number of nitrogens with two attached hydrogens (primary N) is 1. The summed E-state index contributed by atoms with van der Waals surface area (Å²) in [6.07, 6.45) is -4.43. The Bertz CT molecular complexity index is 814. The molecule has 1 unspecified atom stereocenters. The van der Waals surface area contributed by atoms with Crippen LogP contribution in [0.15, 0.2) is 6.33 Å². The summed E-state index contributed by atoms with van der Waals surface area (Å²) in [7, 11) is -5.37. The summed E-state index contributed by atoms with van der Waals surface area (Å²) < 4.78 is 35.4. The number of aromatic nitrogens is 4. The number of imidazole rings is 1. The lowest BCUT2D eigenvalue weighted by Crippen LogP contribution is -2.44. The average Bonchev–Trinajstić information content (AvgIpc) is 3.02. The highest BCUT2D eigenvalue weighted by molar-refractivity contribution is 7.46. The van der Waals surface area contributed by atoms with Crippen LogP contribution in [-0.2, 0) is 13.8 Å². The quantitative estimate of drug-likeness (QED) is 0.345. The summed E-state index contributed by atoms with van der Waals surface area (Å²) in [6, 6.07) is 0. The molecule has 24 heavy (non-hydrogen) atoms. The first kappa shape index (κ1) is 17.1. The van der Waals surface area contributed by atoms with Crippen LogP contribution in [0.25, 0.3) is 11.2 Å². The number of nitrogen functional groups attached to an aromatic ring is 1. The fourth-order valence-corrected chi connectivity index (χ4v) is 2.97. The van der Waals surface area contributed by atoms with E-state index in [1.807, 2.05) is 0 Å². The zero-order chi connectivity index (χ0) is 17.7. The summed E-state index contributed by atoms with van der Waals surface area (Å²) >= 11 is 0. The molecule has 14 heteroatoms. The van der Waals surface area contributed by atoms with Gasteiger partial charge in [-0.1, -0.05) is 0 Å². The number of aliphatic hydroxyl groups is 2. The van der Waals surface area contributed by atoms with Gasteiger partial charge in [0.15, 0.2) is 23.4 Å². The number of phosphoric ester groups is 1. The highest BCUT2D eigenvalue weighted by Crippen LogP contribution is 2.53. The van der Waals surface area contributed by atoms with Crippen LogP contribution in [0, 0.1) is 0 Å². The van der Waals surface area contributed by atoms with Gasteiger partial charge >= 0.3 is 7.82 Å². The number of nitrogens with zero attached hydrogens (tertiary/aromatic N) is 3. The number of hydrogen-bond donors (Lipinski definition) is 6. The van der Waals surface area contributed by atoms with Gasteiger partial charge in [0.25, 0.3) is 5.85 Å². The third kappa shape index (κ3) is 2.75. The number of halogens is 1. The van der Waals surface area contributed by atoms with Crippen molar-refractivity contribution in [2.45, 2.75) is 24.2 Å². The summed E-state index contributed by atoms with van der Waals surface area (Å²) in [5.41, 5.74) is 5.98. The number of fused-ring (bicyclic) bond motifs is 1. The van der Waals surface area contributed by atoms with Gasteiger partial charge in [0.05, 0.1) is 12.9 Å². The van der Waals surface area contributed by atoms with Gasteiger partial charge < -0.3 is 35.5 Å². The number of ether oxygens (including phenoxy) is 1. The summed E-state index contributed by atoms with van der Waals surface area (Å²) in [6.45, 7) is -0.839. The van der Waals surface area contributed by atoms with Gasteiger partial charge in [-0.25, -0.2) is 28.4 Å². The minimum atomic E-state index is -5.37. The van der Waals surface area contributed by atoms with E-state index in [0.29, 0.717) is 0 Å². The Morgan fingerprint density at radius 3 is 2.83 bits per heavy atom.